The number of nitrogens with two attached hydrogens (primary N) is 1. The number of ether oxygens (including phenoxy) is 1. The first kappa shape index (κ1) is 24.2. The zero-order valence-corrected chi connectivity index (χ0v) is 18.8. The minimum Gasteiger partial charge on any atom is -0.508 e. The number of aryl methyl sites for hydroxylation is 3. The minimum atomic E-state index is -1.47. The molecule has 1 heterocycles. The zero-order chi connectivity index (χ0) is 23.0. The fraction of sp³-hybridized carbons (Fsp3) is 0.458. The van der Waals surface area contributed by atoms with E-state index in [2.05, 4.69) is 24.1 Å². The summed E-state index contributed by atoms with van der Waals surface area (Å²) >= 11 is 0. The van der Waals surface area contributed by atoms with Crippen LogP contribution in [-0.4, -0.2) is 34.2 Å². The second-order valence-corrected chi connectivity index (χ2v) is 8.46. The van der Waals surface area contributed by atoms with Gasteiger partial charge >= 0.3 is 6.09 Å². The van der Waals surface area contributed by atoms with Crippen LogP contribution in [0.4, 0.5) is 4.79 Å². The molecule has 0 aliphatic rings. The van der Waals surface area contributed by atoms with Gasteiger partial charge in [-0.1, -0.05) is 26.0 Å². The van der Waals surface area contributed by atoms with Crippen molar-refractivity contribution in [2.75, 3.05) is 6.54 Å². The number of benzene rings is 1. The number of carbonyl (C=O) groups is 2. The van der Waals surface area contributed by atoms with Gasteiger partial charge < -0.3 is 20.9 Å². The number of amides is 2. The lowest BCUT2D eigenvalue weighted by atomic mass is 9.86. The van der Waals surface area contributed by atoms with E-state index < -0.39 is 11.7 Å². The fourth-order valence-corrected chi connectivity index (χ4v) is 3.60. The number of phenols is 1. The topological polar surface area (TPSA) is 115 Å². The van der Waals surface area contributed by atoms with Crippen LogP contribution in [0.15, 0.2) is 36.4 Å². The lowest BCUT2D eigenvalue weighted by Crippen LogP contribution is -2.53. The van der Waals surface area contributed by atoms with E-state index in [1.807, 2.05) is 26.0 Å². The number of hydrogen-bond donors (Lipinski definition) is 3. The van der Waals surface area contributed by atoms with Crippen molar-refractivity contribution in [2.45, 2.75) is 59.0 Å². The van der Waals surface area contributed by atoms with Crippen molar-refractivity contribution in [3.63, 3.8) is 0 Å². The van der Waals surface area contributed by atoms with Crippen LogP contribution in [0.2, 0.25) is 0 Å². The van der Waals surface area contributed by atoms with E-state index in [1.54, 1.807) is 12.1 Å². The first-order valence-electron chi connectivity index (χ1n) is 10.6. The van der Waals surface area contributed by atoms with Crippen molar-refractivity contribution in [1.29, 1.82) is 0 Å². The van der Waals surface area contributed by atoms with Gasteiger partial charge in [-0.05, 0) is 68.0 Å². The SMILES string of the molecule is Cc1cc(CC[C@@](Cc2ccc(O)cc2)(OC(N)=O)C(=O)NCCC(C)C)cc(C)n1. The molecule has 0 aliphatic carbocycles. The smallest absolute Gasteiger partial charge is 0.405 e. The monoisotopic (exact) mass is 427 g/mol. The Hall–Kier alpha value is -3.09. The fourth-order valence-electron chi connectivity index (χ4n) is 3.60. The maximum Gasteiger partial charge on any atom is 0.405 e. The third kappa shape index (κ3) is 7.59. The van der Waals surface area contributed by atoms with Gasteiger partial charge in [0, 0.05) is 30.8 Å². The maximum absolute atomic E-state index is 13.3. The van der Waals surface area contributed by atoms with Crippen LogP contribution in [0.25, 0.3) is 0 Å². The largest absolute Gasteiger partial charge is 0.508 e. The first-order valence-corrected chi connectivity index (χ1v) is 10.6. The Labute approximate surface area is 184 Å². The number of aromatic hydroxyl groups is 1. The molecular formula is C24H33N3O4. The molecule has 1 aromatic carbocycles. The van der Waals surface area contributed by atoms with E-state index in [0.29, 0.717) is 18.9 Å². The molecule has 0 bridgehead atoms. The number of phenolic OH excluding ortho intramolecular Hbond substituents is 1. The first-order chi connectivity index (χ1) is 14.6. The second-order valence-electron chi connectivity index (χ2n) is 8.46. The zero-order valence-electron chi connectivity index (χ0n) is 18.8. The molecule has 2 amide bonds. The molecular weight excluding hydrogens is 394 g/mol. The van der Waals surface area contributed by atoms with Gasteiger partial charge in [0.05, 0.1) is 0 Å². The molecule has 168 valence electrons. The molecule has 31 heavy (non-hydrogen) atoms. The van der Waals surface area contributed by atoms with E-state index in [1.165, 1.54) is 12.1 Å². The Morgan fingerprint density at radius 3 is 2.29 bits per heavy atom. The predicted octanol–water partition coefficient (Wildman–Crippen LogP) is 3.58. The molecule has 0 radical (unpaired) electrons. The van der Waals surface area contributed by atoms with Crippen molar-refractivity contribution in [3.05, 3.63) is 58.9 Å². The molecule has 2 aromatic rings. The van der Waals surface area contributed by atoms with Gasteiger partial charge in [-0.25, -0.2) is 4.79 Å². The van der Waals surface area contributed by atoms with E-state index in [9.17, 15) is 14.7 Å². The van der Waals surface area contributed by atoms with Gasteiger partial charge in [0.1, 0.15) is 5.75 Å². The highest BCUT2D eigenvalue weighted by molar-refractivity contribution is 5.88. The van der Waals surface area contributed by atoms with Crippen LogP contribution in [0, 0.1) is 19.8 Å². The van der Waals surface area contributed by atoms with E-state index in [0.717, 1.165) is 28.9 Å². The lowest BCUT2D eigenvalue weighted by molar-refractivity contribution is -0.140. The van der Waals surface area contributed by atoms with Crippen LogP contribution in [0.3, 0.4) is 0 Å². The molecule has 7 nitrogen and oxygen atoms in total. The molecule has 1 aromatic heterocycles. The summed E-state index contributed by atoms with van der Waals surface area (Å²) in [7, 11) is 0. The second kappa shape index (κ2) is 10.8. The van der Waals surface area contributed by atoms with Gasteiger partial charge in [-0.3, -0.25) is 9.78 Å². The van der Waals surface area contributed by atoms with Crippen molar-refractivity contribution in [1.82, 2.24) is 10.3 Å². The van der Waals surface area contributed by atoms with Crippen molar-refractivity contribution in [2.24, 2.45) is 11.7 Å². The number of aromatic nitrogens is 1. The molecule has 0 fully saturated rings. The summed E-state index contributed by atoms with van der Waals surface area (Å²) in [5.41, 5.74) is 7.45. The Balaban J connectivity index is 2.35. The highest BCUT2D eigenvalue weighted by Gasteiger charge is 2.42. The van der Waals surface area contributed by atoms with Crippen LogP contribution in [-0.2, 0) is 22.4 Å². The van der Waals surface area contributed by atoms with Crippen molar-refractivity contribution >= 4 is 12.0 Å². The average molecular weight is 428 g/mol. The average Bonchev–Trinajstić information content (AvgIpc) is 2.66. The number of carbonyl (C=O) groups excluding carboxylic acids is 2. The highest BCUT2D eigenvalue weighted by atomic mass is 16.6. The van der Waals surface area contributed by atoms with Crippen LogP contribution in [0.1, 0.15) is 49.2 Å². The van der Waals surface area contributed by atoms with Crippen LogP contribution in [0.5, 0.6) is 5.75 Å². The molecule has 1 atom stereocenters. The number of nitrogens with one attached hydrogen (secondary N) is 1. The standard InChI is InChI=1S/C24H33N3O4/c1-16(2)10-12-26-22(29)24(31-23(25)30,15-19-5-7-21(28)8-6-19)11-9-20-13-17(3)27-18(4)14-20/h5-8,13-14,16,28H,9-12,15H2,1-4H3,(H2,25,30)(H,26,29)/t24-/m0/s1. The predicted molar refractivity (Wildman–Crippen MR) is 120 cm³/mol. The van der Waals surface area contributed by atoms with Gasteiger partial charge in [0.15, 0.2) is 5.60 Å². The summed E-state index contributed by atoms with van der Waals surface area (Å²) in [5, 5.41) is 12.5. The van der Waals surface area contributed by atoms with Crippen LogP contribution < -0.4 is 11.1 Å². The molecule has 7 heteroatoms. The Morgan fingerprint density at radius 2 is 1.74 bits per heavy atom. The normalized spacial score (nSPS) is 12.9. The van der Waals surface area contributed by atoms with Gasteiger partial charge in [0.25, 0.3) is 5.91 Å². The van der Waals surface area contributed by atoms with E-state index in [-0.39, 0.29) is 24.5 Å². The number of rotatable bonds is 10. The molecule has 0 saturated carbocycles. The molecule has 0 spiro atoms. The molecule has 0 aliphatic heterocycles. The molecule has 4 N–H and O–H groups in total. The van der Waals surface area contributed by atoms with Gasteiger partial charge in [0.2, 0.25) is 0 Å². The number of hydrogen-bond acceptors (Lipinski definition) is 5. The summed E-state index contributed by atoms with van der Waals surface area (Å²) < 4.78 is 5.52. The summed E-state index contributed by atoms with van der Waals surface area (Å²) in [5.74, 6) is 0.170. The van der Waals surface area contributed by atoms with Crippen LogP contribution >= 0.6 is 0 Å². The summed E-state index contributed by atoms with van der Waals surface area (Å²) in [6.07, 6.45) is 0.716. The lowest BCUT2D eigenvalue weighted by Gasteiger charge is -2.32. The Bertz CT molecular complexity index is 876. The van der Waals surface area contributed by atoms with Crippen molar-refractivity contribution < 1.29 is 19.4 Å². The Morgan fingerprint density at radius 1 is 1.13 bits per heavy atom. The van der Waals surface area contributed by atoms with E-state index in [4.69, 9.17) is 10.5 Å². The molecule has 0 saturated heterocycles. The highest BCUT2D eigenvalue weighted by Crippen LogP contribution is 2.27. The third-order valence-corrected chi connectivity index (χ3v) is 5.10. The Kier molecular flexibility index (Phi) is 8.42. The van der Waals surface area contributed by atoms with Gasteiger partial charge in [-0.2, -0.15) is 0 Å². The maximum atomic E-state index is 13.3. The van der Waals surface area contributed by atoms with E-state index >= 15 is 0 Å². The third-order valence-electron chi connectivity index (χ3n) is 5.10. The summed E-state index contributed by atoms with van der Waals surface area (Å²) in [6.45, 7) is 8.45. The minimum absolute atomic E-state index is 0.120. The van der Waals surface area contributed by atoms with Crippen molar-refractivity contribution in [3.8, 4) is 5.75 Å². The number of nitrogens with zero attached hydrogens (tertiary/aromatic N) is 1. The van der Waals surface area contributed by atoms with Gasteiger partial charge in [-0.15, -0.1) is 0 Å². The number of primary amides is 1. The summed E-state index contributed by atoms with van der Waals surface area (Å²) in [6, 6.07) is 10.4. The molecule has 2 rings (SSSR count). The number of pyridine rings is 1. The molecule has 0 unspecified atom stereocenters. The quantitative estimate of drug-likeness (QED) is 0.536. The summed E-state index contributed by atoms with van der Waals surface area (Å²) in [4.78, 5) is 29.5.